The van der Waals surface area contributed by atoms with Gasteiger partial charge in [-0.2, -0.15) is 0 Å². The third kappa shape index (κ3) is 9.00. The summed E-state index contributed by atoms with van der Waals surface area (Å²) in [6, 6.07) is 28.2. The lowest BCUT2D eigenvalue weighted by Gasteiger charge is -2.31. The molecule has 2 amide bonds. The Morgan fingerprint density at radius 2 is 1.57 bits per heavy atom. The first-order valence-corrected chi connectivity index (χ1v) is 15.5. The number of imide groups is 1. The van der Waals surface area contributed by atoms with E-state index in [9.17, 15) is 19.5 Å². The van der Waals surface area contributed by atoms with Crippen LogP contribution in [0.1, 0.15) is 23.1 Å². The van der Waals surface area contributed by atoms with Crippen LogP contribution in [0.2, 0.25) is 0 Å². The lowest BCUT2D eigenvalue weighted by molar-refractivity contribution is -0.143. The molecule has 0 unspecified atom stereocenters. The fourth-order valence-corrected chi connectivity index (χ4v) is 5.48. The molecule has 2 heterocycles. The highest BCUT2D eigenvalue weighted by Crippen LogP contribution is 2.28. The molecule has 1 fully saturated rings. The van der Waals surface area contributed by atoms with E-state index in [4.69, 9.17) is 18.9 Å². The molecule has 2 aliphatic heterocycles. The molecule has 4 atom stereocenters. The quantitative estimate of drug-likeness (QED) is 0.239. The third-order valence-electron chi connectivity index (χ3n) is 7.89. The molecule has 1 N–H and O–H groups in total. The molecule has 0 spiro atoms. The summed E-state index contributed by atoms with van der Waals surface area (Å²) in [5, 5.41) is 9.67. The summed E-state index contributed by atoms with van der Waals surface area (Å²) in [6.07, 6.45) is 3.58. The first kappa shape index (κ1) is 32.8. The highest BCUT2D eigenvalue weighted by Gasteiger charge is 2.45. The number of hydrogen-bond acceptors (Lipinski definition) is 8. The lowest BCUT2D eigenvalue weighted by Crippen LogP contribution is -2.49. The van der Waals surface area contributed by atoms with E-state index in [0.29, 0.717) is 31.8 Å². The average Bonchev–Trinajstić information content (AvgIpc) is 3.45. The van der Waals surface area contributed by atoms with Crippen molar-refractivity contribution in [2.24, 2.45) is 5.92 Å². The number of amides is 2. The van der Waals surface area contributed by atoms with Gasteiger partial charge >= 0.3 is 6.09 Å². The van der Waals surface area contributed by atoms with Gasteiger partial charge in [0.05, 0.1) is 38.4 Å². The Hall–Kier alpha value is -4.57. The van der Waals surface area contributed by atoms with Gasteiger partial charge in [-0.05, 0) is 54.2 Å². The number of allylic oxidation sites excluding steroid dienone is 1. The number of aliphatic hydroxyl groups is 1. The van der Waals surface area contributed by atoms with E-state index in [1.54, 1.807) is 12.2 Å². The predicted octanol–water partition coefficient (Wildman–Crippen LogP) is 4.83. The van der Waals surface area contributed by atoms with Gasteiger partial charge in [0.2, 0.25) is 5.91 Å². The molecule has 9 heteroatoms. The Balaban J connectivity index is 1.23. The second kappa shape index (κ2) is 16.7. The van der Waals surface area contributed by atoms with Crippen LogP contribution in [0.5, 0.6) is 0 Å². The normalized spacial score (nSPS) is 19.9. The van der Waals surface area contributed by atoms with Gasteiger partial charge in [-0.3, -0.25) is 9.59 Å². The number of nitrogens with zero attached hydrogens (tertiary/aromatic N) is 1. The number of carbonyl (C=O) groups is 3. The second-order valence-electron chi connectivity index (χ2n) is 11.3. The molecule has 0 radical (unpaired) electrons. The van der Waals surface area contributed by atoms with Crippen molar-refractivity contribution in [1.82, 2.24) is 4.90 Å². The SMILES string of the molecule is O=C1C=CC(=CCCOC[C@@H](CO)OCc2ccccc2)O[C@@H]1[C@@H](Cc1ccccc1)C(=O)N1C(=O)OC[C@H]1Cc1ccccc1. The summed E-state index contributed by atoms with van der Waals surface area (Å²) in [6.45, 7) is 0.831. The van der Waals surface area contributed by atoms with Crippen LogP contribution < -0.4 is 0 Å². The van der Waals surface area contributed by atoms with Crippen LogP contribution in [-0.4, -0.2) is 72.5 Å². The van der Waals surface area contributed by atoms with Crippen molar-refractivity contribution in [3.8, 4) is 0 Å². The summed E-state index contributed by atoms with van der Waals surface area (Å²) < 4.78 is 23.0. The molecule has 0 bridgehead atoms. The Kier molecular flexibility index (Phi) is 11.9. The summed E-state index contributed by atoms with van der Waals surface area (Å²) in [5.74, 6) is -1.39. The number of rotatable bonds is 15. The molecule has 240 valence electrons. The molecule has 1 saturated heterocycles. The van der Waals surface area contributed by atoms with Crippen LogP contribution in [0.15, 0.2) is 115 Å². The van der Waals surface area contributed by atoms with Crippen molar-refractivity contribution in [2.45, 2.75) is 44.1 Å². The Morgan fingerprint density at radius 3 is 2.24 bits per heavy atom. The Morgan fingerprint density at radius 1 is 0.913 bits per heavy atom. The number of ketones is 1. The van der Waals surface area contributed by atoms with Crippen molar-refractivity contribution >= 4 is 17.8 Å². The molecule has 0 aromatic heterocycles. The lowest BCUT2D eigenvalue weighted by atomic mass is 9.88. The van der Waals surface area contributed by atoms with Crippen molar-refractivity contribution in [3.05, 3.63) is 132 Å². The van der Waals surface area contributed by atoms with E-state index in [-0.39, 0.29) is 32.0 Å². The van der Waals surface area contributed by atoms with Crippen LogP contribution >= 0.6 is 0 Å². The summed E-state index contributed by atoms with van der Waals surface area (Å²) in [5.41, 5.74) is 2.82. The topological polar surface area (TPSA) is 112 Å². The monoisotopic (exact) mass is 625 g/mol. The van der Waals surface area contributed by atoms with Crippen LogP contribution in [-0.2, 0) is 48.0 Å². The van der Waals surface area contributed by atoms with E-state index in [0.717, 1.165) is 21.6 Å². The number of ether oxygens (including phenoxy) is 4. The minimum Gasteiger partial charge on any atom is -0.482 e. The van der Waals surface area contributed by atoms with E-state index >= 15 is 0 Å². The average molecular weight is 626 g/mol. The molecule has 46 heavy (non-hydrogen) atoms. The Bertz CT molecular complexity index is 1490. The van der Waals surface area contributed by atoms with Gasteiger partial charge in [0.1, 0.15) is 18.5 Å². The van der Waals surface area contributed by atoms with Crippen LogP contribution in [0.4, 0.5) is 4.79 Å². The highest BCUT2D eigenvalue weighted by atomic mass is 16.6. The largest absolute Gasteiger partial charge is 0.482 e. The Labute approximate surface area is 269 Å². The molecular weight excluding hydrogens is 586 g/mol. The zero-order valence-electron chi connectivity index (χ0n) is 25.6. The molecule has 0 saturated carbocycles. The molecule has 9 nitrogen and oxygen atoms in total. The molecule has 2 aliphatic rings. The van der Waals surface area contributed by atoms with Gasteiger partial charge in [-0.15, -0.1) is 0 Å². The van der Waals surface area contributed by atoms with Crippen molar-refractivity contribution in [1.29, 1.82) is 0 Å². The molecular formula is C37H39NO8. The van der Waals surface area contributed by atoms with E-state index < -0.39 is 36.2 Å². The molecule has 3 aromatic carbocycles. The van der Waals surface area contributed by atoms with Gasteiger partial charge in [-0.25, -0.2) is 9.69 Å². The smallest absolute Gasteiger partial charge is 0.416 e. The van der Waals surface area contributed by atoms with E-state index in [1.165, 1.54) is 6.08 Å². The molecule has 3 aromatic rings. The fraction of sp³-hybridized carbons (Fsp3) is 0.324. The maximum atomic E-state index is 14.1. The van der Waals surface area contributed by atoms with Crippen LogP contribution in [0.25, 0.3) is 0 Å². The number of aliphatic hydroxyl groups excluding tert-OH is 1. The number of carbonyl (C=O) groups excluding carboxylic acids is 3. The van der Waals surface area contributed by atoms with E-state index in [1.807, 2.05) is 91.0 Å². The molecule has 5 rings (SSSR count). The zero-order chi connectivity index (χ0) is 32.1. The maximum absolute atomic E-state index is 14.1. The summed E-state index contributed by atoms with van der Waals surface area (Å²) >= 11 is 0. The van der Waals surface area contributed by atoms with Crippen molar-refractivity contribution in [3.63, 3.8) is 0 Å². The fourth-order valence-electron chi connectivity index (χ4n) is 5.48. The van der Waals surface area contributed by atoms with Crippen molar-refractivity contribution < 1.29 is 38.4 Å². The number of hydrogen-bond donors (Lipinski definition) is 1. The van der Waals surface area contributed by atoms with Gasteiger partial charge in [0.15, 0.2) is 11.9 Å². The minimum absolute atomic E-state index is 0.0798. The standard InChI is InChI=1S/C37H39NO8/c39-23-32(44-24-29-15-8-3-9-16-29)26-43-20-10-17-31-18-19-34(40)35(46-31)33(22-28-13-6-2-7-14-28)36(41)38-30(25-45-37(38)42)21-27-11-4-1-5-12-27/h1-9,11-19,30,32-33,35,39H,10,20-26H2/t30-,32-,33-,35-/m1/s1. The maximum Gasteiger partial charge on any atom is 0.416 e. The van der Waals surface area contributed by atoms with Crippen LogP contribution in [0, 0.1) is 5.92 Å². The van der Waals surface area contributed by atoms with E-state index in [2.05, 4.69) is 0 Å². The first-order valence-electron chi connectivity index (χ1n) is 15.5. The summed E-state index contributed by atoms with van der Waals surface area (Å²) in [4.78, 5) is 41.4. The van der Waals surface area contributed by atoms with Crippen LogP contribution in [0.3, 0.4) is 0 Å². The summed E-state index contributed by atoms with van der Waals surface area (Å²) in [7, 11) is 0. The second-order valence-corrected chi connectivity index (χ2v) is 11.3. The third-order valence-corrected chi connectivity index (χ3v) is 7.89. The van der Waals surface area contributed by atoms with Gasteiger partial charge in [0.25, 0.3) is 0 Å². The first-order chi connectivity index (χ1) is 22.5. The molecule has 0 aliphatic carbocycles. The highest BCUT2D eigenvalue weighted by molar-refractivity contribution is 6.02. The zero-order valence-corrected chi connectivity index (χ0v) is 25.6. The van der Waals surface area contributed by atoms with Crippen molar-refractivity contribution in [2.75, 3.05) is 26.4 Å². The van der Waals surface area contributed by atoms with Gasteiger partial charge < -0.3 is 24.1 Å². The predicted molar refractivity (Wildman–Crippen MR) is 170 cm³/mol. The number of cyclic esters (lactones) is 1. The van der Waals surface area contributed by atoms with Gasteiger partial charge in [-0.1, -0.05) is 91.0 Å². The van der Waals surface area contributed by atoms with Gasteiger partial charge in [0, 0.05) is 0 Å². The number of benzene rings is 3. The minimum atomic E-state index is -1.12.